The number of carbonyl (C=O) groups is 3. The number of phenolic OH excluding ortho intramolecular Hbond substituents is 1. The van der Waals surface area contributed by atoms with Crippen LogP contribution in [0.4, 0.5) is 0 Å². The van der Waals surface area contributed by atoms with Crippen molar-refractivity contribution in [3.63, 3.8) is 0 Å². The summed E-state index contributed by atoms with van der Waals surface area (Å²) in [5.41, 5.74) is 5.49. The predicted octanol–water partition coefficient (Wildman–Crippen LogP) is 0.787. The van der Waals surface area contributed by atoms with Crippen LogP contribution < -0.4 is 5.73 Å². The van der Waals surface area contributed by atoms with Crippen molar-refractivity contribution in [2.75, 3.05) is 7.05 Å². The molecular weight excluding hydrogens is 260 g/mol. The zero-order valence-corrected chi connectivity index (χ0v) is 11.7. The maximum atomic E-state index is 12.4. The molecule has 0 bridgehead atoms. The van der Waals surface area contributed by atoms with E-state index >= 15 is 0 Å². The van der Waals surface area contributed by atoms with Gasteiger partial charge in [-0.05, 0) is 24.1 Å². The summed E-state index contributed by atoms with van der Waals surface area (Å²) in [6.07, 6.45) is 0.482. The average Bonchev–Trinajstić information content (AvgIpc) is 2.36. The first-order valence-electron chi connectivity index (χ1n) is 6.14. The monoisotopic (exact) mass is 278 g/mol. The molecule has 1 aromatic carbocycles. The van der Waals surface area contributed by atoms with Gasteiger partial charge in [-0.3, -0.25) is 14.4 Å². The minimum atomic E-state index is -0.768. The largest absolute Gasteiger partial charge is 0.508 e. The fourth-order valence-electron chi connectivity index (χ4n) is 2.13. The van der Waals surface area contributed by atoms with E-state index in [2.05, 4.69) is 0 Å². The number of nitrogens with zero attached hydrogens (tertiary/aromatic N) is 1. The van der Waals surface area contributed by atoms with Crippen molar-refractivity contribution < 1.29 is 19.5 Å². The number of primary amides is 1. The third kappa shape index (κ3) is 3.14. The Kier molecular flexibility index (Phi) is 4.85. The molecule has 1 atom stereocenters. The van der Waals surface area contributed by atoms with Gasteiger partial charge in [-0.2, -0.15) is 0 Å². The van der Waals surface area contributed by atoms with Gasteiger partial charge in [-0.1, -0.05) is 13.8 Å². The SMILES string of the molecule is CC(C)C(C(N)=O)N(C)C(=O)c1ccc(O)cc1C=O. The molecule has 0 spiro atoms. The Balaban J connectivity index is 3.17. The van der Waals surface area contributed by atoms with E-state index in [4.69, 9.17) is 5.73 Å². The molecular formula is C14H18N2O4. The van der Waals surface area contributed by atoms with Crippen LogP contribution in [-0.4, -0.2) is 41.2 Å². The number of hydrogen-bond donors (Lipinski definition) is 2. The lowest BCUT2D eigenvalue weighted by molar-refractivity contribution is -0.123. The normalized spacial score (nSPS) is 12.0. The van der Waals surface area contributed by atoms with Crippen molar-refractivity contribution in [1.82, 2.24) is 4.90 Å². The van der Waals surface area contributed by atoms with Crippen LogP contribution in [0.25, 0.3) is 0 Å². The molecule has 20 heavy (non-hydrogen) atoms. The molecule has 1 unspecified atom stereocenters. The Bertz CT molecular complexity index is 540. The van der Waals surface area contributed by atoms with Crippen molar-refractivity contribution in [1.29, 1.82) is 0 Å². The highest BCUT2D eigenvalue weighted by molar-refractivity contribution is 6.03. The van der Waals surface area contributed by atoms with Crippen LogP contribution in [-0.2, 0) is 4.79 Å². The predicted molar refractivity (Wildman–Crippen MR) is 73.4 cm³/mol. The van der Waals surface area contributed by atoms with Gasteiger partial charge in [0.05, 0.1) is 5.56 Å². The minimum Gasteiger partial charge on any atom is -0.508 e. The second kappa shape index (κ2) is 6.18. The van der Waals surface area contributed by atoms with E-state index in [0.29, 0.717) is 6.29 Å². The molecule has 0 fully saturated rings. The molecule has 1 rings (SSSR count). The number of rotatable bonds is 5. The highest BCUT2D eigenvalue weighted by Crippen LogP contribution is 2.19. The standard InChI is InChI=1S/C14H18N2O4/c1-8(2)12(13(15)19)16(3)14(20)11-5-4-10(18)6-9(11)7-17/h4-8,12,18H,1-3H3,(H2,15,19). The van der Waals surface area contributed by atoms with E-state index in [-0.39, 0.29) is 22.8 Å². The van der Waals surface area contributed by atoms with Crippen molar-refractivity contribution >= 4 is 18.1 Å². The third-order valence-electron chi connectivity index (χ3n) is 3.05. The smallest absolute Gasteiger partial charge is 0.255 e. The number of hydrogen-bond acceptors (Lipinski definition) is 4. The Morgan fingerprint density at radius 2 is 1.95 bits per heavy atom. The van der Waals surface area contributed by atoms with Gasteiger partial charge in [0.2, 0.25) is 5.91 Å². The van der Waals surface area contributed by atoms with Crippen molar-refractivity contribution in [2.45, 2.75) is 19.9 Å². The summed E-state index contributed by atoms with van der Waals surface area (Å²) < 4.78 is 0. The van der Waals surface area contributed by atoms with Crippen LogP contribution in [0, 0.1) is 5.92 Å². The van der Waals surface area contributed by atoms with Gasteiger partial charge in [0.15, 0.2) is 6.29 Å². The first-order valence-corrected chi connectivity index (χ1v) is 6.14. The van der Waals surface area contributed by atoms with Gasteiger partial charge in [0, 0.05) is 12.6 Å². The topological polar surface area (TPSA) is 101 Å². The summed E-state index contributed by atoms with van der Waals surface area (Å²) in [7, 11) is 1.46. The Morgan fingerprint density at radius 1 is 1.35 bits per heavy atom. The molecule has 3 N–H and O–H groups in total. The zero-order valence-electron chi connectivity index (χ0n) is 11.7. The van der Waals surface area contributed by atoms with Crippen molar-refractivity contribution in [2.24, 2.45) is 11.7 Å². The van der Waals surface area contributed by atoms with Crippen LogP contribution in [0.5, 0.6) is 5.75 Å². The molecule has 6 nitrogen and oxygen atoms in total. The number of aldehydes is 1. The fourth-order valence-corrected chi connectivity index (χ4v) is 2.13. The molecule has 0 aliphatic heterocycles. The molecule has 1 aromatic rings. The second-order valence-corrected chi connectivity index (χ2v) is 4.90. The summed E-state index contributed by atoms with van der Waals surface area (Å²) in [4.78, 5) is 36.0. The molecule has 6 heteroatoms. The van der Waals surface area contributed by atoms with E-state index < -0.39 is 17.9 Å². The average molecular weight is 278 g/mol. The summed E-state index contributed by atoms with van der Waals surface area (Å²) in [6, 6.07) is 3.08. The quantitative estimate of drug-likeness (QED) is 0.777. The van der Waals surface area contributed by atoms with E-state index in [0.717, 1.165) is 0 Å². The van der Waals surface area contributed by atoms with E-state index in [1.807, 2.05) is 0 Å². The van der Waals surface area contributed by atoms with Crippen molar-refractivity contribution in [3.05, 3.63) is 29.3 Å². The minimum absolute atomic E-state index is 0.0637. The van der Waals surface area contributed by atoms with Gasteiger partial charge in [0.25, 0.3) is 5.91 Å². The zero-order chi connectivity index (χ0) is 15.4. The lowest BCUT2D eigenvalue weighted by atomic mass is 10.00. The van der Waals surface area contributed by atoms with E-state index in [1.54, 1.807) is 13.8 Å². The van der Waals surface area contributed by atoms with Crippen LogP contribution in [0.1, 0.15) is 34.6 Å². The number of phenols is 1. The van der Waals surface area contributed by atoms with Gasteiger partial charge in [-0.15, -0.1) is 0 Å². The molecule has 0 aromatic heterocycles. The Labute approximate surface area is 117 Å². The number of aromatic hydroxyl groups is 1. The van der Waals surface area contributed by atoms with Gasteiger partial charge >= 0.3 is 0 Å². The number of nitrogens with two attached hydrogens (primary N) is 1. The molecule has 2 amide bonds. The van der Waals surface area contributed by atoms with E-state index in [9.17, 15) is 19.5 Å². The summed E-state index contributed by atoms with van der Waals surface area (Å²) in [6.45, 7) is 3.55. The summed E-state index contributed by atoms with van der Waals surface area (Å²) in [5.74, 6) is -1.37. The van der Waals surface area contributed by atoms with Gasteiger partial charge in [-0.25, -0.2) is 0 Å². The lowest BCUT2D eigenvalue weighted by Gasteiger charge is -2.29. The maximum absolute atomic E-state index is 12.4. The molecule has 0 saturated heterocycles. The molecule has 0 aliphatic rings. The van der Waals surface area contributed by atoms with Crippen LogP contribution >= 0.6 is 0 Å². The van der Waals surface area contributed by atoms with Crippen molar-refractivity contribution in [3.8, 4) is 5.75 Å². The number of amides is 2. The number of carbonyl (C=O) groups excluding carboxylic acids is 3. The highest BCUT2D eigenvalue weighted by atomic mass is 16.3. The fraction of sp³-hybridized carbons (Fsp3) is 0.357. The Morgan fingerprint density at radius 3 is 2.40 bits per heavy atom. The Hall–Kier alpha value is -2.37. The van der Waals surface area contributed by atoms with Gasteiger partial charge < -0.3 is 15.7 Å². The van der Waals surface area contributed by atoms with Crippen LogP contribution in [0.15, 0.2) is 18.2 Å². The van der Waals surface area contributed by atoms with Crippen LogP contribution in [0.3, 0.4) is 0 Å². The first kappa shape index (κ1) is 15.7. The van der Waals surface area contributed by atoms with Crippen LogP contribution in [0.2, 0.25) is 0 Å². The molecule has 108 valence electrons. The lowest BCUT2D eigenvalue weighted by Crippen LogP contribution is -2.48. The number of likely N-dealkylation sites (N-methyl/N-ethyl adjacent to an activating group) is 1. The summed E-state index contributed by atoms with van der Waals surface area (Å²) in [5, 5.41) is 9.32. The number of benzene rings is 1. The molecule has 0 saturated carbocycles. The second-order valence-electron chi connectivity index (χ2n) is 4.90. The van der Waals surface area contributed by atoms with Gasteiger partial charge in [0.1, 0.15) is 11.8 Å². The third-order valence-corrected chi connectivity index (χ3v) is 3.05. The molecule has 0 heterocycles. The molecule has 0 aliphatic carbocycles. The van der Waals surface area contributed by atoms with E-state index in [1.165, 1.54) is 30.1 Å². The maximum Gasteiger partial charge on any atom is 0.255 e. The highest BCUT2D eigenvalue weighted by Gasteiger charge is 2.29. The molecule has 0 radical (unpaired) electrons. The summed E-state index contributed by atoms with van der Waals surface area (Å²) >= 11 is 0. The first-order chi connectivity index (χ1) is 9.29.